The number of anilines is 1. The molecule has 142 valence electrons. The lowest BCUT2D eigenvalue weighted by Crippen LogP contribution is -2.27. The lowest BCUT2D eigenvalue weighted by molar-refractivity contribution is -0.116. The first-order valence-electron chi connectivity index (χ1n) is 9.40. The summed E-state index contributed by atoms with van der Waals surface area (Å²) in [7, 11) is -3.63. The molecule has 0 saturated carbocycles. The van der Waals surface area contributed by atoms with Crippen molar-refractivity contribution in [2.75, 3.05) is 11.4 Å². The van der Waals surface area contributed by atoms with Gasteiger partial charge in [0, 0.05) is 25.2 Å². The van der Waals surface area contributed by atoms with Gasteiger partial charge in [0.15, 0.2) is 0 Å². The van der Waals surface area contributed by atoms with Crippen LogP contribution in [0.3, 0.4) is 0 Å². The van der Waals surface area contributed by atoms with E-state index in [9.17, 15) is 13.2 Å². The molecule has 27 heavy (non-hydrogen) atoms. The number of aryl methyl sites for hydroxylation is 2. The Balaban J connectivity index is 1.56. The molecule has 1 aliphatic heterocycles. The SMILES string of the molecule is CC(=O)N1CCc2cc(S(=O)(=O)NC(C)c3ccc4c(c3)CCC4)ccc21. The highest BCUT2D eigenvalue weighted by molar-refractivity contribution is 7.89. The maximum atomic E-state index is 12.9. The Morgan fingerprint density at radius 2 is 1.81 bits per heavy atom. The summed E-state index contributed by atoms with van der Waals surface area (Å²) in [5.41, 5.74) is 5.41. The first-order valence-corrected chi connectivity index (χ1v) is 10.9. The smallest absolute Gasteiger partial charge is 0.241 e. The van der Waals surface area contributed by atoms with Crippen LogP contribution in [0.5, 0.6) is 0 Å². The van der Waals surface area contributed by atoms with Crippen molar-refractivity contribution in [2.45, 2.75) is 50.5 Å². The Morgan fingerprint density at radius 1 is 1.04 bits per heavy atom. The van der Waals surface area contributed by atoms with E-state index in [0.29, 0.717) is 13.0 Å². The first kappa shape index (κ1) is 18.2. The number of hydrogen-bond donors (Lipinski definition) is 1. The second-order valence-corrected chi connectivity index (χ2v) is 9.15. The quantitative estimate of drug-likeness (QED) is 0.881. The molecule has 0 bridgehead atoms. The average Bonchev–Trinajstić information content (AvgIpc) is 3.26. The van der Waals surface area contributed by atoms with E-state index in [0.717, 1.165) is 29.7 Å². The van der Waals surface area contributed by atoms with Crippen molar-refractivity contribution in [3.05, 3.63) is 58.7 Å². The highest BCUT2D eigenvalue weighted by atomic mass is 32.2. The van der Waals surface area contributed by atoms with Gasteiger partial charge in [-0.15, -0.1) is 0 Å². The predicted octanol–water partition coefficient (Wildman–Crippen LogP) is 3.12. The molecule has 0 aromatic heterocycles. The molecule has 2 aliphatic rings. The largest absolute Gasteiger partial charge is 0.312 e. The molecule has 1 unspecified atom stereocenters. The average molecular weight is 385 g/mol. The lowest BCUT2D eigenvalue weighted by Gasteiger charge is -2.17. The Hall–Kier alpha value is -2.18. The van der Waals surface area contributed by atoms with E-state index in [-0.39, 0.29) is 16.8 Å². The molecule has 0 fully saturated rings. The van der Waals surface area contributed by atoms with Crippen molar-refractivity contribution in [3.63, 3.8) is 0 Å². The second-order valence-electron chi connectivity index (χ2n) is 7.44. The van der Waals surface area contributed by atoms with E-state index in [2.05, 4.69) is 16.9 Å². The molecule has 0 radical (unpaired) electrons. The molecule has 1 aliphatic carbocycles. The third-order valence-corrected chi connectivity index (χ3v) is 7.13. The fourth-order valence-corrected chi connectivity index (χ4v) is 5.38. The molecule has 1 amide bonds. The minimum atomic E-state index is -3.63. The summed E-state index contributed by atoms with van der Waals surface area (Å²) in [4.78, 5) is 13.6. The van der Waals surface area contributed by atoms with Gasteiger partial charge in [-0.25, -0.2) is 13.1 Å². The first-order chi connectivity index (χ1) is 12.8. The van der Waals surface area contributed by atoms with Crippen LogP contribution in [-0.4, -0.2) is 20.9 Å². The van der Waals surface area contributed by atoms with E-state index in [1.807, 2.05) is 13.0 Å². The number of nitrogens with zero attached hydrogens (tertiary/aromatic N) is 1. The zero-order valence-corrected chi connectivity index (χ0v) is 16.5. The molecule has 2 aromatic rings. The van der Waals surface area contributed by atoms with Crippen LogP contribution in [-0.2, 0) is 34.1 Å². The van der Waals surface area contributed by atoms with Gasteiger partial charge < -0.3 is 4.90 Å². The number of amides is 1. The van der Waals surface area contributed by atoms with E-state index < -0.39 is 10.0 Å². The molecule has 0 spiro atoms. The number of carbonyl (C=O) groups is 1. The Bertz CT molecular complexity index is 1010. The highest BCUT2D eigenvalue weighted by Crippen LogP contribution is 2.31. The van der Waals surface area contributed by atoms with Crippen LogP contribution in [0.25, 0.3) is 0 Å². The number of rotatable bonds is 4. The van der Waals surface area contributed by atoms with Crippen molar-refractivity contribution in [3.8, 4) is 0 Å². The topological polar surface area (TPSA) is 66.5 Å². The van der Waals surface area contributed by atoms with Crippen LogP contribution in [0.1, 0.15) is 48.6 Å². The van der Waals surface area contributed by atoms with E-state index in [1.54, 1.807) is 23.1 Å². The number of nitrogens with one attached hydrogen (secondary N) is 1. The molecule has 6 heteroatoms. The van der Waals surface area contributed by atoms with Crippen LogP contribution in [0.4, 0.5) is 5.69 Å². The van der Waals surface area contributed by atoms with Crippen molar-refractivity contribution < 1.29 is 13.2 Å². The van der Waals surface area contributed by atoms with Gasteiger partial charge in [0.05, 0.1) is 4.90 Å². The summed E-state index contributed by atoms with van der Waals surface area (Å²) in [6.07, 6.45) is 4.03. The van der Waals surface area contributed by atoms with Gasteiger partial charge in [-0.1, -0.05) is 18.2 Å². The molecule has 2 aromatic carbocycles. The molecule has 1 N–H and O–H groups in total. The van der Waals surface area contributed by atoms with Crippen molar-refractivity contribution >= 4 is 21.6 Å². The minimum Gasteiger partial charge on any atom is -0.312 e. The number of carbonyl (C=O) groups excluding carboxylic acids is 1. The highest BCUT2D eigenvalue weighted by Gasteiger charge is 2.26. The molecule has 0 saturated heterocycles. The van der Waals surface area contributed by atoms with Gasteiger partial charge in [0.1, 0.15) is 0 Å². The summed E-state index contributed by atoms with van der Waals surface area (Å²) in [6.45, 7) is 4.01. The van der Waals surface area contributed by atoms with E-state index in [4.69, 9.17) is 0 Å². The van der Waals surface area contributed by atoms with Crippen molar-refractivity contribution in [1.29, 1.82) is 0 Å². The van der Waals surface area contributed by atoms with E-state index >= 15 is 0 Å². The van der Waals surface area contributed by atoms with Gasteiger partial charge in [-0.2, -0.15) is 0 Å². The monoisotopic (exact) mass is 384 g/mol. The third kappa shape index (κ3) is 3.39. The normalized spacial score (nSPS) is 16.9. The molecular weight excluding hydrogens is 360 g/mol. The second kappa shape index (κ2) is 6.77. The molecule has 1 atom stereocenters. The van der Waals surface area contributed by atoms with Gasteiger partial charge in [0.2, 0.25) is 15.9 Å². The van der Waals surface area contributed by atoms with Crippen LogP contribution in [0.15, 0.2) is 41.3 Å². The molecule has 1 heterocycles. The van der Waals surface area contributed by atoms with Gasteiger partial charge in [-0.05, 0) is 73.1 Å². The maximum absolute atomic E-state index is 12.9. The maximum Gasteiger partial charge on any atom is 0.241 e. The summed E-state index contributed by atoms with van der Waals surface area (Å²) < 4.78 is 28.5. The number of sulfonamides is 1. The van der Waals surface area contributed by atoms with Crippen molar-refractivity contribution in [1.82, 2.24) is 4.72 Å². The van der Waals surface area contributed by atoms with Gasteiger partial charge in [-0.3, -0.25) is 4.79 Å². The van der Waals surface area contributed by atoms with Crippen LogP contribution < -0.4 is 9.62 Å². The van der Waals surface area contributed by atoms with Crippen LogP contribution >= 0.6 is 0 Å². The van der Waals surface area contributed by atoms with Crippen LogP contribution in [0.2, 0.25) is 0 Å². The number of benzene rings is 2. The predicted molar refractivity (Wildman–Crippen MR) is 105 cm³/mol. The van der Waals surface area contributed by atoms with Crippen molar-refractivity contribution in [2.24, 2.45) is 0 Å². The zero-order valence-electron chi connectivity index (χ0n) is 15.7. The molecule has 5 nitrogen and oxygen atoms in total. The number of fused-ring (bicyclic) bond motifs is 2. The van der Waals surface area contributed by atoms with E-state index in [1.165, 1.54) is 24.5 Å². The van der Waals surface area contributed by atoms with Gasteiger partial charge in [0.25, 0.3) is 0 Å². The Kier molecular flexibility index (Phi) is 4.56. The van der Waals surface area contributed by atoms with Crippen LogP contribution in [0, 0.1) is 0 Å². The standard InChI is InChI=1S/C21H24N2O3S/c1-14(17-7-6-16-4-3-5-18(16)12-17)22-27(25,26)20-8-9-21-19(13-20)10-11-23(21)15(2)24/h6-9,12-14,22H,3-5,10-11H2,1-2H3. The zero-order chi connectivity index (χ0) is 19.2. The molecular formula is C21H24N2O3S. The van der Waals surface area contributed by atoms with Gasteiger partial charge >= 0.3 is 0 Å². The fourth-order valence-electron chi connectivity index (χ4n) is 4.10. The fraction of sp³-hybridized carbons (Fsp3) is 0.381. The summed E-state index contributed by atoms with van der Waals surface area (Å²) in [5.74, 6) is -0.0206. The number of hydrogen-bond acceptors (Lipinski definition) is 3. The lowest BCUT2D eigenvalue weighted by atomic mass is 10.0. The Labute approximate surface area is 160 Å². The Morgan fingerprint density at radius 3 is 2.59 bits per heavy atom. The third-order valence-electron chi connectivity index (χ3n) is 5.59. The minimum absolute atomic E-state index is 0.0206. The summed E-state index contributed by atoms with van der Waals surface area (Å²) in [6, 6.07) is 11.0. The summed E-state index contributed by atoms with van der Waals surface area (Å²) >= 11 is 0. The summed E-state index contributed by atoms with van der Waals surface area (Å²) in [5, 5.41) is 0. The molecule has 4 rings (SSSR count).